The summed E-state index contributed by atoms with van der Waals surface area (Å²) in [6.45, 7) is 4.00. The Morgan fingerprint density at radius 3 is 2.15 bits per heavy atom. The Morgan fingerprint density at radius 1 is 1.20 bits per heavy atom. The molecule has 0 saturated heterocycles. The van der Waals surface area contributed by atoms with Gasteiger partial charge in [0.05, 0.1) is 11.1 Å². The topological polar surface area (TPSA) is 71.8 Å². The molecule has 0 aliphatic heterocycles. The van der Waals surface area contributed by atoms with Crippen LogP contribution in [-0.4, -0.2) is 14.9 Å². The highest BCUT2D eigenvalue weighted by Gasteiger charge is 2.33. The monoisotopic (exact) mass is 287 g/mol. The minimum atomic E-state index is -4.49. The second-order valence-electron chi connectivity index (χ2n) is 3.45. The first-order valence-corrected chi connectivity index (χ1v) is 5.75. The highest BCUT2D eigenvalue weighted by molar-refractivity contribution is 5.57. The number of nitro benzene ring substituents is 1. The SMILES string of the molecule is CC.O=[N+]([O-])c1ccc(-c2ncc(C(F)(F)F)[nH]2)cc1. The number of nitrogens with zero attached hydrogens (tertiary/aromatic N) is 2. The van der Waals surface area contributed by atoms with E-state index in [4.69, 9.17) is 0 Å². The van der Waals surface area contributed by atoms with E-state index in [0.29, 0.717) is 11.8 Å². The minimum Gasteiger partial charge on any atom is -0.334 e. The predicted octanol–water partition coefficient (Wildman–Crippen LogP) is 4.03. The molecule has 0 bridgehead atoms. The Bertz CT molecular complexity index is 576. The van der Waals surface area contributed by atoms with E-state index >= 15 is 0 Å². The molecule has 1 N–H and O–H groups in total. The third-order valence-electron chi connectivity index (χ3n) is 2.23. The zero-order chi connectivity index (χ0) is 15.3. The summed E-state index contributed by atoms with van der Waals surface area (Å²) in [5.74, 6) is 0.0113. The molecule has 108 valence electrons. The van der Waals surface area contributed by atoms with Crippen molar-refractivity contribution < 1.29 is 18.1 Å². The lowest BCUT2D eigenvalue weighted by molar-refractivity contribution is -0.384. The molecule has 5 nitrogen and oxygen atoms in total. The molecule has 0 fully saturated rings. The van der Waals surface area contributed by atoms with Crippen LogP contribution in [0.1, 0.15) is 19.5 Å². The van der Waals surface area contributed by atoms with Crippen LogP contribution in [0.2, 0.25) is 0 Å². The van der Waals surface area contributed by atoms with Crippen molar-refractivity contribution >= 4 is 5.69 Å². The number of aromatic nitrogens is 2. The van der Waals surface area contributed by atoms with Crippen LogP contribution < -0.4 is 0 Å². The van der Waals surface area contributed by atoms with Gasteiger partial charge in [-0.05, 0) is 12.1 Å². The lowest BCUT2D eigenvalue weighted by Crippen LogP contribution is -2.04. The molecule has 2 aromatic rings. The second kappa shape index (κ2) is 6.18. The van der Waals surface area contributed by atoms with Crippen LogP contribution in [0, 0.1) is 10.1 Å². The van der Waals surface area contributed by atoms with Gasteiger partial charge in [-0.1, -0.05) is 13.8 Å². The molecule has 0 amide bonds. The van der Waals surface area contributed by atoms with Crippen molar-refractivity contribution in [2.75, 3.05) is 0 Å². The molecule has 20 heavy (non-hydrogen) atoms. The van der Waals surface area contributed by atoms with Crippen LogP contribution in [-0.2, 0) is 6.18 Å². The first-order chi connectivity index (χ1) is 9.38. The number of rotatable bonds is 2. The zero-order valence-corrected chi connectivity index (χ0v) is 10.7. The normalized spacial score (nSPS) is 10.7. The van der Waals surface area contributed by atoms with Crippen molar-refractivity contribution in [1.29, 1.82) is 0 Å². The molecule has 0 spiro atoms. The third kappa shape index (κ3) is 3.56. The van der Waals surface area contributed by atoms with Gasteiger partial charge < -0.3 is 4.98 Å². The number of nitro groups is 1. The molecule has 0 saturated carbocycles. The summed E-state index contributed by atoms with van der Waals surface area (Å²) in [6, 6.07) is 5.06. The van der Waals surface area contributed by atoms with Gasteiger partial charge in [0.2, 0.25) is 0 Å². The van der Waals surface area contributed by atoms with E-state index in [0.717, 1.165) is 0 Å². The van der Waals surface area contributed by atoms with Gasteiger partial charge in [-0.2, -0.15) is 13.2 Å². The number of imidazole rings is 1. The maximum atomic E-state index is 12.3. The van der Waals surface area contributed by atoms with Crippen LogP contribution in [0.25, 0.3) is 11.4 Å². The second-order valence-corrected chi connectivity index (χ2v) is 3.45. The van der Waals surface area contributed by atoms with E-state index in [-0.39, 0.29) is 11.5 Å². The maximum Gasteiger partial charge on any atom is 0.432 e. The van der Waals surface area contributed by atoms with Crippen molar-refractivity contribution in [3.05, 3.63) is 46.3 Å². The highest BCUT2D eigenvalue weighted by atomic mass is 19.4. The Labute approximate surface area is 112 Å². The minimum absolute atomic E-state index is 0.0113. The van der Waals surface area contributed by atoms with Crippen LogP contribution in [0.3, 0.4) is 0 Å². The fourth-order valence-electron chi connectivity index (χ4n) is 1.35. The molecule has 8 heteroatoms. The number of benzene rings is 1. The smallest absolute Gasteiger partial charge is 0.334 e. The Morgan fingerprint density at radius 2 is 1.75 bits per heavy atom. The third-order valence-corrected chi connectivity index (χ3v) is 2.23. The lowest BCUT2D eigenvalue weighted by Gasteiger charge is -2.01. The van der Waals surface area contributed by atoms with Gasteiger partial charge in [0.15, 0.2) is 0 Å². The van der Waals surface area contributed by atoms with Gasteiger partial charge >= 0.3 is 6.18 Å². The molecule has 0 radical (unpaired) electrons. The number of hydrogen-bond donors (Lipinski definition) is 1. The molecule has 0 aliphatic rings. The van der Waals surface area contributed by atoms with E-state index in [9.17, 15) is 23.3 Å². The van der Waals surface area contributed by atoms with Crippen molar-refractivity contribution in [2.45, 2.75) is 20.0 Å². The van der Waals surface area contributed by atoms with Crippen LogP contribution in [0.4, 0.5) is 18.9 Å². The Hall–Kier alpha value is -2.38. The van der Waals surface area contributed by atoms with Crippen molar-refractivity contribution in [3.63, 3.8) is 0 Å². The van der Waals surface area contributed by atoms with Gasteiger partial charge in [-0.15, -0.1) is 0 Å². The summed E-state index contributed by atoms with van der Waals surface area (Å²) in [6.07, 6.45) is -3.82. The van der Waals surface area contributed by atoms with Crippen LogP contribution >= 0.6 is 0 Å². The lowest BCUT2D eigenvalue weighted by atomic mass is 10.2. The summed E-state index contributed by atoms with van der Waals surface area (Å²) in [5, 5.41) is 10.4. The zero-order valence-electron chi connectivity index (χ0n) is 10.7. The number of non-ortho nitro benzene ring substituents is 1. The van der Waals surface area contributed by atoms with Gasteiger partial charge in [0.25, 0.3) is 5.69 Å². The van der Waals surface area contributed by atoms with Crippen LogP contribution in [0.5, 0.6) is 0 Å². The Balaban J connectivity index is 0.000000956. The first-order valence-electron chi connectivity index (χ1n) is 5.75. The first kappa shape index (κ1) is 15.7. The van der Waals surface area contributed by atoms with E-state index in [2.05, 4.69) is 9.97 Å². The fraction of sp³-hybridized carbons (Fsp3) is 0.250. The molecule has 1 aromatic heterocycles. The van der Waals surface area contributed by atoms with Crippen molar-refractivity contribution in [1.82, 2.24) is 9.97 Å². The maximum absolute atomic E-state index is 12.3. The van der Waals surface area contributed by atoms with E-state index in [1.807, 2.05) is 13.8 Å². The molecule has 0 unspecified atom stereocenters. The van der Waals surface area contributed by atoms with Gasteiger partial charge in [0, 0.05) is 17.7 Å². The largest absolute Gasteiger partial charge is 0.432 e. The Kier molecular flexibility index (Phi) is 4.84. The number of alkyl halides is 3. The quantitative estimate of drug-likeness (QED) is 0.669. The number of halogens is 3. The predicted molar refractivity (Wildman–Crippen MR) is 67.0 cm³/mol. The number of hydrogen-bond acceptors (Lipinski definition) is 3. The van der Waals surface area contributed by atoms with Gasteiger partial charge in [-0.3, -0.25) is 10.1 Å². The van der Waals surface area contributed by atoms with Crippen molar-refractivity contribution in [2.24, 2.45) is 0 Å². The molecule has 1 aromatic carbocycles. The highest BCUT2D eigenvalue weighted by Crippen LogP contribution is 2.29. The molecule has 2 rings (SSSR count). The molecule has 0 aliphatic carbocycles. The van der Waals surface area contributed by atoms with Gasteiger partial charge in [-0.25, -0.2) is 4.98 Å². The molecular formula is C12H12F3N3O2. The van der Waals surface area contributed by atoms with Gasteiger partial charge in [0.1, 0.15) is 11.5 Å². The standard InChI is InChI=1S/C10H6F3N3O2.C2H6/c11-10(12,13)8-5-14-9(15-8)6-1-3-7(4-2-6)16(17)18;1-2/h1-5H,(H,14,15);1-2H3. The van der Waals surface area contributed by atoms with E-state index in [1.54, 1.807) is 0 Å². The summed E-state index contributed by atoms with van der Waals surface area (Å²) in [4.78, 5) is 15.5. The summed E-state index contributed by atoms with van der Waals surface area (Å²) in [5.41, 5.74) is -0.756. The van der Waals surface area contributed by atoms with Crippen molar-refractivity contribution in [3.8, 4) is 11.4 Å². The number of H-pyrrole nitrogens is 1. The average molecular weight is 287 g/mol. The summed E-state index contributed by atoms with van der Waals surface area (Å²) >= 11 is 0. The van der Waals surface area contributed by atoms with E-state index < -0.39 is 16.8 Å². The average Bonchev–Trinajstić information content (AvgIpc) is 2.91. The number of nitrogens with one attached hydrogen (secondary N) is 1. The fourth-order valence-corrected chi connectivity index (χ4v) is 1.35. The summed E-state index contributed by atoms with van der Waals surface area (Å²) in [7, 11) is 0. The number of aromatic amines is 1. The molecule has 1 heterocycles. The molecule has 0 atom stereocenters. The summed E-state index contributed by atoms with van der Waals surface area (Å²) < 4.78 is 37.0. The molecular weight excluding hydrogens is 275 g/mol. The van der Waals surface area contributed by atoms with Crippen LogP contribution in [0.15, 0.2) is 30.5 Å². The van der Waals surface area contributed by atoms with E-state index in [1.165, 1.54) is 24.3 Å².